The number of rotatable bonds is 11. The Morgan fingerprint density at radius 2 is 0.880 bits per heavy atom. The van der Waals surface area contributed by atoms with Gasteiger partial charge in [0.25, 0.3) is 18.1 Å². The number of aliphatic hydroxyl groups excluding tert-OH is 1. The summed E-state index contributed by atoms with van der Waals surface area (Å²) in [4.78, 5) is 37.2. The Hall–Kier alpha value is -8.91. The lowest BCUT2D eigenvalue weighted by molar-refractivity contribution is -0.121. The van der Waals surface area contributed by atoms with Gasteiger partial charge in [0, 0.05) is 151 Å². The number of carbonyl (C=O) groups is 2. The fourth-order valence-corrected chi connectivity index (χ4v) is 18.3. The molecule has 108 heavy (non-hydrogen) atoms. The molecule has 0 aromatic heterocycles. The van der Waals surface area contributed by atoms with Crippen molar-refractivity contribution in [3.8, 4) is 24.0 Å². The summed E-state index contributed by atoms with van der Waals surface area (Å²) in [6.45, 7) is 40.0. The third-order valence-corrected chi connectivity index (χ3v) is 25.5. The second kappa shape index (κ2) is 43.3. The average molecular weight is 1610 g/mol. The number of hydrogen-bond donors (Lipinski definition) is 4. The van der Waals surface area contributed by atoms with E-state index >= 15 is 0 Å². The summed E-state index contributed by atoms with van der Waals surface area (Å²) in [7, 11) is -8.58. The molecule has 6 aromatic rings. The van der Waals surface area contributed by atoms with Gasteiger partial charge in [-0.1, -0.05) is 121 Å². The van der Waals surface area contributed by atoms with Gasteiger partial charge < -0.3 is 25.6 Å². The predicted molar refractivity (Wildman–Crippen MR) is 406 cm³/mol. The molecule has 0 unspecified atom stereocenters. The Morgan fingerprint density at radius 1 is 0.500 bits per heavy atom. The first-order valence-electron chi connectivity index (χ1n) is 33.4. The fourth-order valence-electron chi connectivity index (χ4n) is 11.3. The van der Waals surface area contributed by atoms with Crippen molar-refractivity contribution in [3.63, 3.8) is 0 Å². The number of nitriles is 2. The Kier molecular flexibility index (Phi) is 36.0. The average Bonchev–Trinajstić information content (AvgIpc) is 1.53. The number of benzene rings is 6. The van der Waals surface area contributed by atoms with Crippen LogP contribution in [0.15, 0.2) is 170 Å². The molecule has 12 rings (SSSR count). The van der Waals surface area contributed by atoms with Crippen molar-refractivity contribution in [3.05, 3.63) is 208 Å². The van der Waals surface area contributed by atoms with E-state index in [4.69, 9.17) is 78.5 Å². The standard InChI is InChI=1S/C22H22N4O3S.C14H17N3O3S.C12H12N2O3S.2C7H4ClNO2S.C5H9NO.C4H6.C2H7NO/c1-23-19-8-4-3-7-18(19)17-25-13-11-22(12-14-25)26(15-16-29-22)30(27,28)21-10-6-5-9-20(21)24-2;1-15-12-4-2-3-5-13(12)21(18,19)17-9-6-14(7-10-17)16-8-11-20-14;1-13-11-4-2-3-5-12(11)18(16,17)14-8-6-10(15)7-9-14;2*8-12(10,11)7-4-2-1-3-6(7)5-9;7-5-1-3-6-4-2-5;1-3-4-2;3-1-2-4/h3-10H,11-17H2;2-5,16H,6-11H2;2-5H,6-9H2;2*1-4H;6H,1-4H2;1-2H3;4H,1-3H2. The summed E-state index contributed by atoms with van der Waals surface area (Å²) in [5.74, 6) is 5.85. The second-order valence-electron chi connectivity index (χ2n) is 23.6. The highest BCUT2D eigenvalue weighted by molar-refractivity contribution is 8.14. The van der Waals surface area contributed by atoms with E-state index in [1.165, 1.54) is 85.7 Å². The van der Waals surface area contributed by atoms with Crippen LogP contribution in [0.2, 0.25) is 0 Å². The predicted octanol–water partition coefficient (Wildman–Crippen LogP) is 9.61. The monoisotopic (exact) mass is 1610 g/mol. The number of aliphatic hydroxyl groups is 1. The molecule has 6 aliphatic heterocycles. The summed E-state index contributed by atoms with van der Waals surface area (Å²) in [6, 6.07) is 41.4. The molecule has 6 saturated heterocycles. The summed E-state index contributed by atoms with van der Waals surface area (Å²) in [5, 5.41) is 31.2. The Labute approximate surface area is 641 Å². The van der Waals surface area contributed by atoms with Crippen LogP contribution in [0.4, 0.5) is 22.7 Å². The van der Waals surface area contributed by atoms with Crippen LogP contribution >= 0.6 is 21.4 Å². The number of piperidine rings is 4. The number of likely N-dealkylation sites (tertiary alicyclic amines) is 1. The van der Waals surface area contributed by atoms with Gasteiger partial charge in [0.15, 0.2) is 5.69 Å². The minimum absolute atomic E-state index is 0.0225. The van der Waals surface area contributed by atoms with Gasteiger partial charge in [-0.15, -0.1) is 11.8 Å². The molecule has 6 aliphatic rings. The maximum Gasteiger partial charge on any atom is 0.262 e. The van der Waals surface area contributed by atoms with Gasteiger partial charge in [-0.25, -0.2) is 61.5 Å². The minimum atomic E-state index is -3.84. The van der Waals surface area contributed by atoms with Gasteiger partial charge in [0.05, 0.1) is 71.9 Å². The van der Waals surface area contributed by atoms with Crippen LogP contribution in [0.1, 0.15) is 81.9 Å². The Bertz CT molecular complexity index is 4910. The molecule has 0 saturated carbocycles. The zero-order valence-corrected chi connectivity index (χ0v) is 64.7. The van der Waals surface area contributed by atoms with Crippen molar-refractivity contribution >= 4 is 104 Å². The van der Waals surface area contributed by atoms with E-state index in [0.29, 0.717) is 89.6 Å². The fraction of sp³-hybridized carbons (Fsp3) is 0.370. The Morgan fingerprint density at radius 3 is 1.24 bits per heavy atom. The van der Waals surface area contributed by atoms with Crippen LogP contribution in [0.3, 0.4) is 0 Å². The molecule has 6 heterocycles. The van der Waals surface area contributed by atoms with Gasteiger partial charge >= 0.3 is 0 Å². The Balaban J connectivity index is 0.000000238. The summed E-state index contributed by atoms with van der Waals surface area (Å²) in [6.07, 6.45) is 4.33. The zero-order chi connectivity index (χ0) is 79.6. The van der Waals surface area contributed by atoms with Gasteiger partial charge in [0.2, 0.25) is 47.1 Å². The van der Waals surface area contributed by atoms with Crippen molar-refractivity contribution < 1.29 is 66.3 Å². The number of nitrogens with one attached hydrogen (secondary N) is 2. The van der Waals surface area contributed by atoms with Crippen LogP contribution in [0.5, 0.6) is 0 Å². The van der Waals surface area contributed by atoms with E-state index in [1.807, 2.05) is 38.1 Å². The van der Waals surface area contributed by atoms with Gasteiger partial charge in [-0.2, -0.15) is 23.4 Å². The molecule has 5 N–H and O–H groups in total. The number of sulfonamides is 3. The van der Waals surface area contributed by atoms with Crippen LogP contribution in [0.25, 0.3) is 19.4 Å². The highest BCUT2D eigenvalue weighted by Crippen LogP contribution is 2.41. The lowest BCUT2D eigenvalue weighted by Crippen LogP contribution is -2.54. The number of carbonyl (C=O) groups excluding carboxylic acids is 2. The number of hydrogen-bond acceptors (Lipinski definition) is 21. The first-order valence-corrected chi connectivity index (χ1v) is 42.3. The van der Waals surface area contributed by atoms with Crippen molar-refractivity contribution in [2.24, 2.45) is 5.73 Å². The highest BCUT2D eigenvalue weighted by Gasteiger charge is 2.51. The summed E-state index contributed by atoms with van der Waals surface area (Å²) in [5.41, 5.74) is 5.73. The normalized spacial score (nSPS) is 16.9. The first kappa shape index (κ1) is 89.7. The molecule has 0 bridgehead atoms. The van der Waals surface area contributed by atoms with Crippen LogP contribution < -0.4 is 16.4 Å². The highest BCUT2D eigenvalue weighted by atomic mass is 35.7. The molecular weight excluding hydrogens is 1530 g/mol. The first-order chi connectivity index (χ1) is 51.5. The lowest BCUT2D eigenvalue weighted by atomic mass is 10.00. The minimum Gasteiger partial charge on any atom is -0.395 e. The third kappa shape index (κ3) is 25.6. The van der Waals surface area contributed by atoms with Gasteiger partial charge in [-0.05, 0) is 43.7 Å². The second-order valence-corrected chi connectivity index (χ2v) is 34.3. The smallest absolute Gasteiger partial charge is 0.262 e. The SMILES string of the molecule is CC#CC.N#Cc1ccccc1S(=O)(=O)Cl.N#Cc1ccccc1S(=O)(=O)Cl.NCCO.O=C1CCNCC1.[C-]#[N+]c1ccccc1CN1CCC2(CC1)OCCN2S(=O)(=O)c1ccccc1[N+]#[C-].[C-]#[N+]c1ccccc1S(=O)(=O)N1CCC(=O)CC1.[C-]#[N+]c1ccccc1S(=O)(=O)N1CCC2(CC1)NCCO2. The number of para-hydroxylation sites is 4. The van der Waals surface area contributed by atoms with Gasteiger partial charge in [0.1, 0.15) is 44.9 Å². The maximum absolute atomic E-state index is 13.4. The molecule has 572 valence electrons. The number of ketones is 2. The molecular formula is C73H81Cl2N13O15S5. The van der Waals surface area contributed by atoms with E-state index < -0.39 is 53.9 Å². The van der Waals surface area contributed by atoms with E-state index in [-0.39, 0.29) is 103 Å². The number of nitrogens with two attached hydrogens (primary N) is 1. The molecule has 6 aromatic carbocycles. The van der Waals surface area contributed by atoms with E-state index in [2.05, 4.69) is 46.8 Å². The van der Waals surface area contributed by atoms with E-state index in [0.717, 1.165) is 38.0 Å². The quantitative estimate of drug-likeness (QED) is 0.0532. The van der Waals surface area contributed by atoms with Crippen molar-refractivity contribution in [2.75, 3.05) is 91.8 Å². The van der Waals surface area contributed by atoms with Crippen molar-refractivity contribution in [1.29, 1.82) is 10.5 Å². The van der Waals surface area contributed by atoms with Crippen LogP contribution in [-0.4, -0.2) is 180 Å². The molecule has 0 atom stereocenters. The number of Topliss-reactive ketones (excluding diaryl/α,β-unsaturated/α-hetero) is 2. The largest absolute Gasteiger partial charge is 0.395 e. The summed E-state index contributed by atoms with van der Waals surface area (Å²) < 4.78 is 136. The van der Waals surface area contributed by atoms with Crippen molar-refractivity contribution in [1.82, 2.24) is 28.4 Å². The number of nitrogens with zero attached hydrogens (tertiary/aromatic N) is 10. The van der Waals surface area contributed by atoms with Gasteiger partial charge in [-0.3, -0.25) is 19.8 Å². The van der Waals surface area contributed by atoms with Crippen molar-refractivity contribution in [2.45, 2.75) is 108 Å². The lowest BCUT2D eigenvalue weighted by Gasteiger charge is -2.43. The van der Waals surface area contributed by atoms with E-state index in [1.54, 1.807) is 60.7 Å². The molecule has 0 radical (unpaired) electrons. The maximum atomic E-state index is 13.4. The van der Waals surface area contributed by atoms with Crippen LogP contribution in [0, 0.1) is 60.8 Å². The molecule has 35 heteroatoms. The zero-order valence-electron chi connectivity index (χ0n) is 59.1. The molecule has 0 amide bonds. The molecule has 6 fully saturated rings. The molecule has 2 spiro atoms. The number of halogens is 2. The summed E-state index contributed by atoms with van der Waals surface area (Å²) >= 11 is 0. The van der Waals surface area contributed by atoms with Crippen LogP contribution in [-0.2, 0) is 73.8 Å². The molecule has 0 aliphatic carbocycles. The molecule has 28 nitrogen and oxygen atoms in total. The van der Waals surface area contributed by atoms with E-state index in [9.17, 15) is 51.7 Å². The topological polar surface area (TPSA) is 372 Å². The third-order valence-electron chi connectivity index (χ3n) is 16.8. The number of ether oxygens (including phenoxy) is 2.